The van der Waals surface area contributed by atoms with Crippen LogP contribution in [0.3, 0.4) is 0 Å². The lowest BCUT2D eigenvalue weighted by Gasteiger charge is -2.44. The van der Waals surface area contributed by atoms with Crippen LogP contribution in [0.25, 0.3) is 0 Å². The zero-order chi connectivity index (χ0) is 20.9. The van der Waals surface area contributed by atoms with Gasteiger partial charge >= 0.3 is 0 Å². The first-order valence-corrected chi connectivity index (χ1v) is 12.2. The fourth-order valence-corrected chi connectivity index (χ4v) is 5.49. The second kappa shape index (κ2) is 10.3. The largest absolute Gasteiger partial charge is 0.381 e. The molecule has 0 saturated carbocycles. The summed E-state index contributed by atoms with van der Waals surface area (Å²) in [7, 11) is -3.71. The van der Waals surface area contributed by atoms with Crippen LogP contribution in [-0.2, 0) is 14.8 Å². The highest BCUT2D eigenvalue weighted by Gasteiger charge is 2.31. The van der Waals surface area contributed by atoms with Crippen molar-refractivity contribution in [2.75, 3.05) is 39.4 Å². The lowest BCUT2D eigenvalue weighted by Crippen LogP contribution is -2.53. The van der Waals surface area contributed by atoms with Crippen molar-refractivity contribution in [1.29, 1.82) is 0 Å². The van der Waals surface area contributed by atoms with Crippen molar-refractivity contribution in [1.82, 2.24) is 14.5 Å². The molecule has 0 amide bonds. The Kier molecular flexibility index (Phi) is 8.04. The van der Waals surface area contributed by atoms with E-state index in [1.54, 1.807) is 0 Å². The summed E-state index contributed by atoms with van der Waals surface area (Å²) in [4.78, 5) is 4.97. The molecule has 0 aromatic heterocycles. The lowest BCUT2D eigenvalue weighted by atomic mass is 9.97. The Bertz CT molecular complexity index is 745. The molecule has 0 spiro atoms. The smallest absolute Gasteiger partial charge is 0.240 e. The predicted molar refractivity (Wildman–Crippen MR) is 112 cm³/mol. The summed E-state index contributed by atoms with van der Waals surface area (Å²) in [6.07, 6.45) is 4.18. The third kappa shape index (κ3) is 6.21. The maximum Gasteiger partial charge on any atom is 0.240 e. The average Bonchev–Trinajstić information content (AvgIpc) is 2.72. The number of piperidine rings is 1. The number of hydrogen-bond acceptors (Lipinski definition) is 5. The van der Waals surface area contributed by atoms with E-state index >= 15 is 0 Å². The van der Waals surface area contributed by atoms with Gasteiger partial charge in [0.05, 0.1) is 4.90 Å². The molecule has 0 unspecified atom stereocenters. The molecule has 0 aliphatic carbocycles. The number of halogens is 1. The summed E-state index contributed by atoms with van der Waals surface area (Å²) in [5.41, 5.74) is 0. The number of nitrogens with zero attached hydrogens (tertiary/aromatic N) is 2. The molecule has 6 nitrogen and oxygen atoms in total. The highest BCUT2D eigenvalue weighted by atomic mass is 32.2. The topological polar surface area (TPSA) is 61.9 Å². The van der Waals surface area contributed by atoms with E-state index in [0.29, 0.717) is 31.2 Å². The van der Waals surface area contributed by atoms with Crippen molar-refractivity contribution in [3.05, 3.63) is 30.1 Å². The summed E-state index contributed by atoms with van der Waals surface area (Å²) in [5.74, 6) is -0.548. The molecule has 2 aliphatic rings. The van der Waals surface area contributed by atoms with Crippen molar-refractivity contribution in [3.8, 4) is 0 Å². The molecule has 3 rings (SSSR count). The third-order valence-corrected chi connectivity index (χ3v) is 7.59. The minimum atomic E-state index is -3.71. The minimum absolute atomic E-state index is 0.0274. The van der Waals surface area contributed by atoms with Gasteiger partial charge in [0.15, 0.2) is 0 Å². The first-order valence-electron chi connectivity index (χ1n) is 10.7. The van der Waals surface area contributed by atoms with E-state index in [1.165, 1.54) is 18.2 Å². The van der Waals surface area contributed by atoms with Gasteiger partial charge in [-0.2, -0.15) is 0 Å². The monoisotopic (exact) mass is 427 g/mol. The molecule has 29 heavy (non-hydrogen) atoms. The maximum atomic E-state index is 13.4. The lowest BCUT2D eigenvalue weighted by molar-refractivity contribution is 0.000518. The van der Waals surface area contributed by atoms with Crippen LogP contribution < -0.4 is 4.72 Å². The number of ether oxygens (including phenoxy) is 1. The maximum absolute atomic E-state index is 13.4. The van der Waals surface area contributed by atoms with Crippen LogP contribution in [-0.4, -0.2) is 75.7 Å². The molecule has 1 aromatic carbocycles. The fourth-order valence-electron chi connectivity index (χ4n) is 4.44. The summed E-state index contributed by atoms with van der Waals surface area (Å²) in [5, 5.41) is 0. The van der Waals surface area contributed by atoms with E-state index in [0.717, 1.165) is 58.1 Å². The van der Waals surface area contributed by atoms with Crippen LogP contribution in [0.5, 0.6) is 0 Å². The van der Waals surface area contributed by atoms with Gasteiger partial charge in [0.1, 0.15) is 5.82 Å². The summed E-state index contributed by atoms with van der Waals surface area (Å²) in [6.45, 7) is 9.14. The number of hydrogen-bond donors (Lipinski definition) is 1. The first kappa shape index (κ1) is 22.6. The van der Waals surface area contributed by atoms with Gasteiger partial charge in [-0.3, -0.25) is 4.90 Å². The van der Waals surface area contributed by atoms with Gasteiger partial charge in [-0.15, -0.1) is 0 Å². The molecule has 0 atom stereocenters. The Morgan fingerprint density at radius 3 is 2.45 bits per heavy atom. The highest BCUT2D eigenvalue weighted by molar-refractivity contribution is 7.89. The van der Waals surface area contributed by atoms with Crippen molar-refractivity contribution in [3.63, 3.8) is 0 Å². The van der Waals surface area contributed by atoms with Crippen molar-refractivity contribution >= 4 is 10.0 Å². The summed E-state index contributed by atoms with van der Waals surface area (Å²) < 4.78 is 46.6. The first-order chi connectivity index (χ1) is 13.9. The molecule has 2 heterocycles. The fraction of sp³-hybridized carbons (Fsp3) is 0.714. The molecule has 2 saturated heterocycles. The molecule has 2 fully saturated rings. The van der Waals surface area contributed by atoms with E-state index in [9.17, 15) is 12.8 Å². The molecule has 2 aliphatic heterocycles. The SMILES string of the molecule is CC(C)N1CCC(N(CCNS(=O)(=O)c2cccc(F)c2)C2CCOCC2)CC1. The van der Waals surface area contributed by atoms with E-state index in [4.69, 9.17) is 4.74 Å². The number of rotatable bonds is 8. The van der Waals surface area contributed by atoms with E-state index in [-0.39, 0.29) is 4.90 Å². The zero-order valence-corrected chi connectivity index (χ0v) is 18.3. The Labute approximate surface area is 174 Å². The van der Waals surface area contributed by atoms with Crippen molar-refractivity contribution in [2.24, 2.45) is 0 Å². The standard InChI is InChI=1S/C21H34FN3O3S/c1-17(2)24-11-6-19(7-12-24)25(20-8-14-28-15-9-20)13-10-23-29(26,27)21-5-3-4-18(22)16-21/h3-5,16-17,19-20,23H,6-15H2,1-2H3. The molecular weight excluding hydrogens is 393 g/mol. The highest BCUT2D eigenvalue weighted by Crippen LogP contribution is 2.24. The van der Waals surface area contributed by atoms with Gasteiger partial charge in [0.25, 0.3) is 0 Å². The number of likely N-dealkylation sites (tertiary alicyclic amines) is 1. The minimum Gasteiger partial charge on any atom is -0.381 e. The van der Waals surface area contributed by atoms with E-state index in [1.807, 2.05) is 0 Å². The number of benzene rings is 1. The third-order valence-electron chi connectivity index (χ3n) is 6.13. The molecule has 1 N–H and O–H groups in total. The quantitative estimate of drug-likeness (QED) is 0.691. The van der Waals surface area contributed by atoms with Gasteiger partial charge in [-0.25, -0.2) is 17.5 Å². The van der Waals surface area contributed by atoms with Gasteiger partial charge in [0.2, 0.25) is 10.0 Å². The Morgan fingerprint density at radius 2 is 1.83 bits per heavy atom. The normalized spacial score (nSPS) is 20.6. The second-order valence-corrected chi connectivity index (χ2v) is 10.1. The Morgan fingerprint density at radius 1 is 1.17 bits per heavy atom. The zero-order valence-electron chi connectivity index (χ0n) is 17.5. The van der Waals surface area contributed by atoms with Gasteiger partial charge < -0.3 is 9.64 Å². The second-order valence-electron chi connectivity index (χ2n) is 8.30. The number of nitrogens with one attached hydrogen (secondary N) is 1. The molecule has 0 bridgehead atoms. The van der Waals surface area contributed by atoms with Gasteiger partial charge in [-0.1, -0.05) is 6.07 Å². The van der Waals surface area contributed by atoms with Crippen molar-refractivity contribution in [2.45, 2.75) is 62.6 Å². The van der Waals surface area contributed by atoms with Gasteiger partial charge in [-0.05, 0) is 70.8 Å². The molecule has 164 valence electrons. The molecular formula is C21H34FN3O3S. The van der Waals surface area contributed by atoms with Crippen LogP contribution in [0.1, 0.15) is 39.5 Å². The Hall–Kier alpha value is -1.06. The van der Waals surface area contributed by atoms with Crippen LogP contribution >= 0.6 is 0 Å². The molecule has 8 heteroatoms. The van der Waals surface area contributed by atoms with E-state index < -0.39 is 15.8 Å². The van der Waals surface area contributed by atoms with Crippen LogP contribution in [0, 0.1) is 5.82 Å². The summed E-state index contributed by atoms with van der Waals surface area (Å²) in [6, 6.07) is 6.59. The average molecular weight is 428 g/mol. The Balaban J connectivity index is 1.61. The van der Waals surface area contributed by atoms with Crippen molar-refractivity contribution < 1.29 is 17.5 Å². The number of sulfonamides is 1. The predicted octanol–water partition coefficient (Wildman–Crippen LogP) is 2.46. The van der Waals surface area contributed by atoms with Crippen LogP contribution in [0.2, 0.25) is 0 Å². The summed E-state index contributed by atoms with van der Waals surface area (Å²) >= 11 is 0. The molecule has 0 radical (unpaired) electrons. The van der Waals surface area contributed by atoms with Gasteiger partial charge in [0, 0.05) is 44.4 Å². The van der Waals surface area contributed by atoms with Crippen LogP contribution in [0.15, 0.2) is 29.2 Å². The molecule has 1 aromatic rings. The van der Waals surface area contributed by atoms with E-state index in [2.05, 4.69) is 28.4 Å². The van der Waals surface area contributed by atoms with Crippen LogP contribution in [0.4, 0.5) is 4.39 Å².